The summed E-state index contributed by atoms with van der Waals surface area (Å²) < 4.78 is 44.0. The lowest BCUT2D eigenvalue weighted by Crippen LogP contribution is -2.26. The first kappa shape index (κ1) is 24.2. The summed E-state index contributed by atoms with van der Waals surface area (Å²) in [6.07, 6.45) is -4.83. The normalized spacial score (nSPS) is 12.6. The number of alkyl halides is 3. The van der Waals surface area contributed by atoms with E-state index in [4.69, 9.17) is 4.74 Å². The Morgan fingerprint density at radius 2 is 1.84 bits per heavy atom. The van der Waals surface area contributed by atoms with Crippen molar-refractivity contribution in [1.29, 1.82) is 0 Å². The van der Waals surface area contributed by atoms with Gasteiger partial charge in [0.25, 0.3) is 0 Å². The molecule has 8 heteroatoms. The Labute approximate surface area is 193 Å². The summed E-state index contributed by atoms with van der Waals surface area (Å²) in [7, 11) is 0. The van der Waals surface area contributed by atoms with Gasteiger partial charge in [-0.05, 0) is 78.2 Å². The number of carbonyl (C=O) groups is 1. The van der Waals surface area contributed by atoms with E-state index in [1.165, 1.54) is 12.1 Å². The van der Waals surface area contributed by atoms with Gasteiger partial charge in [0.1, 0.15) is 5.75 Å². The average Bonchev–Trinajstić information content (AvgIpc) is 3.11. The van der Waals surface area contributed by atoms with E-state index in [9.17, 15) is 23.1 Å². The van der Waals surface area contributed by atoms with Crippen molar-refractivity contribution in [2.45, 2.75) is 50.1 Å². The van der Waals surface area contributed by atoms with Crippen LogP contribution >= 0.6 is 23.1 Å². The largest absolute Gasteiger partial charge is 0.479 e. The van der Waals surface area contributed by atoms with Crippen LogP contribution in [0.15, 0.2) is 52.7 Å². The maximum atomic E-state index is 12.8. The number of ether oxygens (including phenoxy) is 1. The standard InChI is InChI=1S/C24H23F3O3S2/c1-4-20(23(28)29)30-21-10-9-18(11-14(21)2)31-13-22-15(3)19(12-32-22)16-5-7-17(8-6-16)24(25,26)27/h5-12,20H,4,13H2,1-3H3,(H,28,29). The highest BCUT2D eigenvalue weighted by Gasteiger charge is 2.30. The van der Waals surface area contributed by atoms with Crippen molar-refractivity contribution in [1.82, 2.24) is 0 Å². The van der Waals surface area contributed by atoms with Crippen molar-refractivity contribution in [2.75, 3.05) is 0 Å². The van der Waals surface area contributed by atoms with Crippen LogP contribution in [0.1, 0.15) is 34.9 Å². The van der Waals surface area contributed by atoms with Gasteiger partial charge in [-0.1, -0.05) is 19.1 Å². The van der Waals surface area contributed by atoms with Gasteiger partial charge < -0.3 is 9.84 Å². The minimum atomic E-state index is -4.34. The predicted molar refractivity (Wildman–Crippen MR) is 123 cm³/mol. The molecular formula is C24H23F3O3S2. The van der Waals surface area contributed by atoms with E-state index in [0.717, 1.165) is 49.9 Å². The fourth-order valence-electron chi connectivity index (χ4n) is 3.18. The van der Waals surface area contributed by atoms with Gasteiger partial charge >= 0.3 is 12.1 Å². The molecule has 0 fully saturated rings. The zero-order valence-electron chi connectivity index (χ0n) is 17.8. The van der Waals surface area contributed by atoms with E-state index >= 15 is 0 Å². The maximum absolute atomic E-state index is 12.8. The molecule has 0 spiro atoms. The fourth-order valence-corrected chi connectivity index (χ4v) is 5.42. The van der Waals surface area contributed by atoms with Crippen LogP contribution in [0.2, 0.25) is 0 Å². The van der Waals surface area contributed by atoms with Crippen molar-refractivity contribution >= 4 is 29.1 Å². The topological polar surface area (TPSA) is 46.5 Å². The first-order valence-corrected chi connectivity index (χ1v) is 11.8. The lowest BCUT2D eigenvalue weighted by molar-refractivity contribution is -0.145. The fraction of sp³-hybridized carbons (Fsp3) is 0.292. The number of thiophene rings is 1. The number of aryl methyl sites for hydroxylation is 1. The molecule has 0 aliphatic rings. The molecule has 3 rings (SSSR count). The zero-order valence-corrected chi connectivity index (χ0v) is 19.5. The Hall–Kier alpha value is -2.45. The number of halogens is 3. The summed E-state index contributed by atoms with van der Waals surface area (Å²) in [5.74, 6) is 0.298. The van der Waals surface area contributed by atoms with Crippen LogP contribution in [0.25, 0.3) is 11.1 Å². The van der Waals surface area contributed by atoms with Crippen molar-refractivity contribution in [3.05, 3.63) is 69.4 Å². The molecule has 3 aromatic rings. The SMILES string of the molecule is CCC(Oc1ccc(SCc2scc(-c3ccc(C(F)(F)F)cc3)c2C)cc1C)C(=O)O. The minimum absolute atomic E-state index is 0.379. The second-order valence-corrected chi connectivity index (χ2v) is 9.35. The minimum Gasteiger partial charge on any atom is -0.479 e. The van der Waals surface area contributed by atoms with E-state index in [0.29, 0.717) is 12.2 Å². The summed E-state index contributed by atoms with van der Waals surface area (Å²) >= 11 is 3.23. The average molecular weight is 481 g/mol. The molecule has 1 N–H and O–H groups in total. The number of hydrogen-bond acceptors (Lipinski definition) is 4. The molecule has 1 aromatic heterocycles. The number of carboxylic acid groups (broad SMARTS) is 1. The van der Waals surface area contributed by atoms with Crippen LogP contribution in [-0.2, 0) is 16.7 Å². The number of benzene rings is 2. The second kappa shape index (κ2) is 10.0. The smallest absolute Gasteiger partial charge is 0.416 e. The third kappa shape index (κ3) is 5.66. The monoisotopic (exact) mass is 480 g/mol. The Bertz CT molecular complexity index is 1090. The van der Waals surface area contributed by atoms with E-state index in [2.05, 4.69) is 0 Å². The number of aliphatic carboxylic acids is 1. The van der Waals surface area contributed by atoms with Crippen LogP contribution in [0.4, 0.5) is 13.2 Å². The third-order valence-electron chi connectivity index (χ3n) is 5.10. The van der Waals surface area contributed by atoms with Gasteiger partial charge in [-0.3, -0.25) is 0 Å². The third-order valence-corrected chi connectivity index (χ3v) is 7.39. The summed E-state index contributed by atoms with van der Waals surface area (Å²) in [5.41, 5.74) is 2.98. The first-order valence-electron chi connectivity index (χ1n) is 9.97. The van der Waals surface area contributed by atoms with Crippen LogP contribution in [0, 0.1) is 13.8 Å². The maximum Gasteiger partial charge on any atom is 0.416 e. The zero-order chi connectivity index (χ0) is 23.5. The molecule has 3 nitrogen and oxygen atoms in total. The van der Waals surface area contributed by atoms with Gasteiger partial charge in [0.15, 0.2) is 6.10 Å². The van der Waals surface area contributed by atoms with Crippen LogP contribution < -0.4 is 4.74 Å². The van der Waals surface area contributed by atoms with E-state index < -0.39 is 23.8 Å². The molecule has 0 radical (unpaired) electrons. The van der Waals surface area contributed by atoms with E-state index in [1.54, 1.807) is 36.1 Å². The summed E-state index contributed by atoms with van der Waals surface area (Å²) in [5, 5.41) is 11.2. The number of hydrogen-bond donors (Lipinski definition) is 1. The first-order chi connectivity index (χ1) is 15.1. The summed E-state index contributed by atoms with van der Waals surface area (Å²) in [6, 6.07) is 10.9. The highest BCUT2D eigenvalue weighted by molar-refractivity contribution is 7.98. The molecule has 1 unspecified atom stereocenters. The predicted octanol–water partition coefficient (Wildman–Crippen LogP) is 7.59. The number of rotatable bonds is 8. The van der Waals surface area contributed by atoms with Gasteiger partial charge in [-0.15, -0.1) is 23.1 Å². The van der Waals surface area contributed by atoms with Gasteiger partial charge in [0.2, 0.25) is 0 Å². The molecule has 0 amide bonds. The Morgan fingerprint density at radius 1 is 1.16 bits per heavy atom. The molecular weight excluding hydrogens is 457 g/mol. The molecule has 0 bridgehead atoms. The van der Waals surface area contributed by atoms with Crippen molar-refractivity contribution in [3.8, 4) is 16.9 Å². The number of carboxylic acids is 1. The van der Waals surface area contributed by atoms with Crippen LogP contribution in [0.5, 0.6) is 5.75 Å². The summed E-state index contributed by atoms with van der Waals surface area (Å²) in [6.45, 7) is 5.63. The van der Waals surface area contributed by atoms with Crippen molar-refractivity contribution in [3.63, 3.8) is 0 Å². The Kier molecular flexibility index (Phi) is 7.56. The summed E-state index contributed by atoms with van der Waals surface area (Å²) in [4.78, 5) is 13.4. The van der Waals surface area contributed by atoms with Gasteiger partial charge in [-0.2, -0.15) is 13.2 Å². The quantitative estimate of drug-likeness (QED) is 0.338. The van der Waals surface area contributed by atoms with Gasteiger partial charge in [0, 0.05) is 15.5 Å². The molecule has 1 heterocycles. The van der Waals surface area contributed by atoms with E-state index in [1.807, 2.05) is 31.4 Å². The second-order valence-electron chi connectivity index (χ2n) is 7.34. The highest BCUT2D eigenvalue weighted by Crippen LogP contribution is 2.37. The van der Waals surface area contributed by atoms with Gasteiger partial charge in [-0.25, -0.2) is 4.79 Å². The van der Waals surface area contributed by atoms with Gasteiger partial charge in [0.05, 0.1) is 5.56 Å². The molecule has 0 saturated heterocycles. The lowest BCUT2D eigenvalue weighted by atomic mass is 10.0. The molecule has 0 saturated carbocycles. The number of thioether (sulfide) groups is 1. The molecule has 32 heavy (non-hydrogen) atoms. The van der Waals surface area contributed by atoms with Crippen LogP contribution in [-0.4, -0.2) is 17.2 Å². The highest BCUT2D eigenvalue weighted by atomic mass is 32.2. The molecule has 2 aromatic carbocycles. The Balaban J connectivity index is 1.69. The molecule has 0 aliphatic carbocycles. The van der Waals surface area contributed by atoms with Crippen LogP contribution in [0.3, 0.4) is 0 Å². The lowest BCUT2D eigenvalue weighted by Gasteiger charge is -2.15. The van der Waals surface area contributed by atoms with Crippen molar-refractivity contribution < 1.29 is 27.8 Å². The molecule has 1 atom stereocenters. The molecule has 0 aliphatic heterocycles. The van der Waals surface area contributed by atoms with E-state index in [-0.39, 0.29) is 0 Å². The molecule has 170 valence electrons. The van der Waals surface area contributed by atoms with Crippen molar-refractivity contribution in [2.24, 2.45) is 0 Å². The Morgan fingerprint density at radius 3 is 2.41 bits per heavy atom.